The molecule has 0 heterocycles. The maximum atomic E-state index is 13.4. The van der Waals surface area contributed by atoms with Gasteiger partial charge >= 0.3 is 0 Å². The predicted octanol–water partition coefficient (Wildman–Crippen LogP) is 5.00. The average molecular weight is 312 g/mol. The Morgan fingerprint density at radius 1 is 1.10 bits per heavy atom. The molecule has 0 aromatic heterocycles. The molecule has 104 valence electrons. The summed E-state index contributed by atoms with van der Waals surface area (Å²) >= 11 is 11.5. The van der Waals surface area contributed by atoms with Crippen LogP contribution in [0.15, 0.2) is 30.3 Å². The van der Waals surface area contributed by atoms with Crippen molar-refractivity contribution in [3.05, 3.63) is 62.9 Å². The number of hydrogen-bond donors (Lipinski definition) is 1. The van der Waals surface area contributed by atoms with Crippen molar-refractivity contribution in [2.45, 2.75) is 13.8 Å². The quantitative estimate of drug-likeness (QED) is 0.777. The number of carbonyl (C=O) groups excluding carboxylic acids is 1. The van der Waals surface area contributed by atoms with Crippen LogP contribution in [0.5, 0.6) is 0 Å². The Balaban J connectivity index is 2.33. The van der Waals surface area contributed by atoms with Gasteiger partial charge in [-0.2, -0.15) is 0 Å². The van der Waals surface area contributed by atoms with Crippen molar-refractivity contribution >= 4 is 34.8 Å². The molecule has 2 aromatic rings. The summed E-state index contributed by atoms with van der Waals surface area (Å²) in [7, 11) is 0. The molecule has 5 heteroatoms. The molecular formula is C15H12Cl2FNO. The van der Waals surface area contributed by atoms with E-state index in [4.69, 9.17) is 23.2 Å². The standard InChI is InChI=1S/C15H12Cl2FNO/c1-8-3-4-9(2)14(5-8)19-15(20)10-6-13(18)12(17)7-11(10)16/h3-7H,1-2H3,(H,19,20). The molecule has 2 aromatic carbocycles. The number of anilines is 1. The summed E-state index contributed by atoms with van der Waals surface area (Å²) in [5, 5.41) is 2.72. The van der Waals surface area contributed by atoms with E-state index in [0.29, 0.717) is 5.69 Å². The van der Waals surface area contributed by atoms with Gasteiger partial charge in [0.2, 0.25) is 0 Å². The summed E-state index contributed by atoms with van der Waals surface area (Å²) < 4.78 is 13.4. The molecule has 0 atom stereocenters. The van der Waals surface area contributed by atoms with Gasteiger partial charge < -0.3 is 5.32 Å². The zero-order valence-electron chi connectivity index (χ0n) is 10.9. The molecule has 0 aliphatic rings. The molecule has 0 unspecified atom stereocenters. The second-order valence-electron chi connectivity index (χ2n) is 4.52. The highest BCUT2D eigenvalue weighted by molar-refractivity contribution is 6.37. The van der Waals surface area contributed by atoms with Crippen molar-refractivity contribution in [2.75, 3.05) is 5.32 Å². The van der Waals surface area contributed by atoms with Crippen molar-refractivity contribution in [1.82, 2.24) is 0 Å². The van der Waals surface area contributed by atoms with Crippen molar-refractivity contribution in [3.8, 4) is 0 Å². The number of benzene rings is 2. The molecule has 0 radical (unpaired) electrons. The number of nitrogens with one attached hydrogen (secondary N) is 1. The number of aryl methyl sites for hydroxylation is 2. The van der Waals surface area contributed by atoms with Crippen LogP contribution in [-0.2, 0) is 0 Å². The van der Waals surface area contributed by atoms with E-state index >= 15 is 0 Å². The molecule has 0 bridgehead atoms. The van der Waals surface area contributed by atoms with Crippen LogP contribution in [0.1, 0.15) is 21.5 Å². The maximum absolute atomic E-state index is 13.4. The highest BCUT2D eigenvalue weighted by atomic mass is 35.5. The van der Waals surface area contributed by atoms with Crippen molar-refractivity contribution in [3.63, 3.8) is 0 Å². The van der Waals surface area contributed by atoms with Gasteiger partial charge in [-0.25, -0.2) is 4.39 Å². The van der Waals surface area contributed by atoms with Crippen LogP contribution < -0.4 is 5.32 Å². The first kappa shape index (κ1) is 14.8. The Bertz CT molecular complexity index is 686. The van der Waals surface area contributed by atoms with Crippen LogP contribution in [0.3, 0.4) is 0 Å². The first-order valence-electron chi connectivity index (χ1n) is 5.91. The first-order valence-corrected chi connectivity index (χ1v) is 6.67. The summed E-state index contributed by atoms with van der Waals surface area (Å²) in [5.41, 5.74) is 2.64. The Labute approximate surface area is 126 Å². The lowest BCUT2D eigenvalue weighted by Crippen LogP contribution is -2.14. The van der Waals surface area contributed by atoms with Crippen molar-refractivity contribution in [2.24, 2.45) is 0 Å². The minimum absolute atomic E-state index is 0.0504. The number of hydrogen-bond acceptors (Lipinski definition) is 1. The number of halogens is 3. The number of carbonyl (C=O) groups is 1. The Hall–Kier alpha value is -1.58. The minimum atomic E-state index is -0.679. The van der Waals surface area contributed by atoms with Gasteiger partial charge in [-0.3, -0.25) is 4.79 Å². The molecule has 0 aliphatic carbocycles. The van der Waals surface area contributed by atoms with E-state index in [9.17, 15) is 9.18 Å². The molecule has 0 aliphatic heterocycles. The Kier molecular flexibility index (Phi) is 4.31. The zero-order chi connectivity index (χ0) is 14.9. The van der Waals surface area contributed by atoms with E-state index in [0.717, 1.165) is 17.2 Å². The van der Waals surface area contributed by atoms with E-state index in [-0.39, 0.29) is 15.6 Å². The van der Waals surface area contributed by atoms with Crippen LogP contribution in [0.4, 0.5) is 10.1 Å². The van der Waals surface area contributed by atoms with Gasteiger partial charge in [-0.05, 0) is 43.2 Å². The molecule has 2 rings (SSSR count). The molecule has 1 amide bonds. The van der Waals surface area contributed by atoms with E-state index in [1.54, 1.807) is 0 Å². The third kappa shape index (κ3) is 3.11. The fraction of sp³-hybridized carbons (Fsp3) is 0.133. The molecule has 0 saturated carbocycles. The summed E-state index contributed by atoms with van der Waals surface area (Å²) in [6, 6.07) is 7.93. The molecule has 1 N–H and O–H groups in total. The normalized spacial score (nSPS) is 10.4. The molecule has 20 heavy (non-hydrogen) atoms. The molecule has 2 nitrogen and oxygen atoms in total. The average Bonchev–Trinajstić information content (AvgIpc) is 2.38. The van der Waals surface area contributed by atoms with E-state index in [1.807, 2.05) is 32.0 Å². The monoisotopic (exact) mass is 311 g/mol. The molecular weight excluding hydrogens is 300 g/mol. The van der Waals surface area contributed by atoms with Gasteiger partial charge in [0.15, 0.2) is 0 Å². The van der Waals surface area contributed by atoms with E-state index in [2.05, 4.69) is 5.32 Å². The van der Waals surface area contributed by atoms with Crippen LogP contribution in [0, 0.1) is 19.7 Å². The fourth-order valence-corrected chi connectivity index (χ4v) is 2.23. The maximum Gasteiger partial charge on any atom is 0.257 e. The van der Waals surface area contributed by atoms with Crippen LogP contribution >= 0.6 is 23.2 Å². The van der Waals surface area contributed by atoms with E-state index in [1.165, 1.54) is 6.07 Å². The van der Waals surface area contributed by atoms with Gasteiger partial charge in [-0.15, -0.1) is 0 Å². The van der Waals surface area contributed by atoms with Crippen LogP contribution in [0.2, 0.25) is 10.0 Å². The lowest BCUT2D eigenvalue weighted by atomic mass is 10.1. The Morgan fingerprint density at radius 3 is 2.50 bits per heavy atom. The first-order chi connectivity index (χ1) is 9.38. The summed E-state index contributed by atoms with van der Waals surface area (Å²) in [6.07, 6.45) is 0. The summed E-state index contributed by atoms with van der Waals surface area (Å²) in [4.78, 5) is 12.2. The number of amides is 1. The summed E-state index contributed by atoms with van der Waals surface area (Å²) in [5.74, 6) is -1.15. The molecule has 0 spiro atoms. The van der Waals surface area contributed by atoms with Gasteiger partial charge in [0.25, 0.3) is 5.91 Å². The largest absolute Gasteiger partial charge is 0.322 e. The highest BCUT2D eigenvalue weighted by Gasteiger charge is 2.15. The van der Waals surface area contributed by atoms with E-state index < -0.39 is 11.7 Å². The molecule has 0 fully saturated rings. The van der Waals surface area contributed by atoms with Crippen molar-refractivity contribution < 1.29 is 9.18 Å². The smallest absolute Gasteiger partial charge is 0.257 e. The predicted molar refractivity (Wildman–Crippen MR) is 80.3 cm³/mol. The van der Waals surface area contributed by atoms with Crippen LogP contribution in [0.25, 0.3) is 0 Å². The second-order valence-corrected chi connectivity index (χ2v) is 5.33. The zero-order valence-corrected chi connectivity index (χ0v) is 12.4. The SMILES string of the molecule is Cc1ccc(C)c(NC(=O)c2cc(F)c(Cl)cc2Cl)c1. The lowest BCUT2D eigenvalue weighted by molar-refractivity contribution is 0.102. The third-order valence-electron chi connectivity index (χ3n) is 2.90. The van der Waals surface area contributed by atoms with Crippen LogP contribution in [-0.4, -0.2) is 5.91 Å². The second kappa shape index (κ2) is 5.81. The topological polar surface area (TPSA) is 29.1 Å². The number of rotatable bonds is 2. The summed E-state index contributed by atoms with van der Waals surface area (Å²) in [6.45, 7) is 3.79. The lowest BCUT2D eigenvalue weighted by Gasteiger charge is -2.10. The fourth-order valence-electron chi connectivity index (χ4n) is 1.76. The minimum Gasteiger partial charge on any atom is -0.322 e. The van der Waals surface area contributed by atoms with Crippen molar-refractivity contribution in [1.29, 1.82) is 0 Å². The highest BCUT2D eigenvalue weighted by Crippen LogP contribution is 2.25. The van der Waals surface area contributed by atoms with Gasteiger partial charge in [0.1, 0.15) is 5.82 Å². The van der Waals surface area contributed by atoms with Gasteiger partial charge in [0, 0.05) is 5.69 Å². The van der Waals surface area contributed by atoms with Gasteiger partial charge in [0.05, 0.1) is 15.6 Å². The third-order valence-corrected chi connectivity index (χ3v) is 3.50. The Morgan fingerprint density at radius 2 is 1.80 bits per heavy atom. The van der Waals surface area contributed by atoms with Gasteiger partial charge in [-0.1, -0.05) is 35.3 Å². The molecule has 0 saturated heterocycles.